The zero-order valence-electron chi connectivity index (χ0n) is 10.9. The highest BCUT2D eigenvalue weighted by Gasteiger charge is 2.27. The molecule has 5 heteroatoms. The van der Waals surface area contributed by atoms with E-state index in [-0.39, 0.29) is 6.04 Å². The number of hydrogen-bond donors (Lipinski definition) is 1. The summed E-state index contributed by atoms with van der Waals surface area (Å²) in [6.45, 7) is 3.97. The molecule has 1 unspecified atom stereocenters. The standard InChI is InChI=1S/C14H18F2N2S/c1-9-4-6-18(7-5-9)13(14(17)19)10-2-3-11(15)12(16)8-10/h2-3,8-9,13H,4-7H2,1H3,(H2,17,19). The van der Waals surface area contributed by atoms with Gasteiger partial charge in [0.25, 0.3) is 0 Å². The number of halogens is 2. The molecule has 0 saturated carbocycles. The van der Waals surface area contributed by atoms with Crippen molar-refractivity contribution in [3.8, 4) is 0 Å². The molecule has 2 nitrogen and oxygen atoms in total. The molecule has 0 amide bonds. The molecule has 1 aliphatic heterocycles. The monoisotopic (exact) mass is 284 g/mol. The SMILES string of the molecule is CC1CCN(C(C(N)=S)c2ccc(F)c(F)c2)CC1. The van der Waals surface area contributed by atoms with E-state index in [1.165, 1.54) is 6.07 Å². The molecular weight excluding hydrogens is 266 g/mol. The number of hydrogen-bond acceptors (Lipinski definition) is 2. The fourth-order valence-corrected chi connectivity index (χ4v) is 2.81. The third-order valence-electron chi connectivity index (χ3n) is 3.71. The molecule has 104 valence electrons. The lowest BCUT2D eigenvalue weighted by molar-refractivity contribution is 0.170. The smallest absolute Gasteiger partial charge is 0.159 e. The van der Waals surface area contributed by atoms with Crippen LogP contribution in [0.4, 0.5) is 8.78 Å². The van der Waals surface area contributed by atoms with Gasteiger partial charge >= 0.3 is 0 Å². The van der Waals surface area contributed by atoms with E-state index >= 15 is 0 Å². The molecule has 0 radical (unpaired) electrons. The maximum atomic E-state index is 13.4. The highest BCUT2D eigenvalue weighted by Crippen LogP contribution is 2.28. The number of likely N-dealkylation sites (tertiary alicyclic amines) is 1. The van der Waals surface area contributed by atoms with Crippen LogP contribution in [0.1, 0.15) is 31.4 Å². The van der Waals surface area contributed by atoms with Crippen LogP contribution < -0.4 is 5.73 Å². The molecular formula is C14H18F2N2S. The van der Waals surface area contributed by atoms with Crippen molar-refractivity contribution < 1.29 is 8.78 Å². The summed E-state index contributed by atoms with van der Waals surface area (Å²) >= 11 is 5.11. The van der Waals surface area contributed by atoms with Gasteiger partial charge in [0.2, 0.25) is 0 Å². The minimum absolute atomic E-state index is 0.306. The Labute approximate surface area is 117 Å². The second kappa shape index (κ2) is 5.92. The van der Waals surface area contributed by atoms with Crippen LogP contribution in [-0.2, 0) is 0 Å². The van der Waals surface area contributed by atoms with Crippen LogP contribution >= 0.6 is 12.2 Å². The van der Waals surface area contributed by atoms with Crippen molar-refractivity contribution in [1.82, 2.24) is 4.90 Å². The van der Waals surface area contributed by atoms with Gasteiger partial charge < -0.3 is 5.73 Å². The Balaban J connectivity index is 2.24. The third kappa shape index (κ3) is 3.28. The van der Waals surface area contributed by atoms with Gasteiger partial charge in [0.1, 0.15) is 0 Å². The van der Waals surface area contributed by atoms with E-state index in [1.54, 1.807) is 6.07 Å². The van der Waals surface area contributed by atoms with Crippen molar-refractivity contribution in [3.05, 3.63) is 35.4 Å². The van der Waals surface area contributed by atoms with Gasteiger partial charge in [0.15, 0.2) is 11.6 Å². The lowest BCUT2D eigenvalue weighted by atomic mass is 9.95. The molecule has 1 fully saturated rings. The minimum atomic E-state index is -0.857. The molecule has 1 aliphatic rings. The van der Waals surface area contributed by atoms with Crippen molar-refractivity contribution in [2.45, 2.75) is 25.8 Å². The predicted octanol–water partition coefficient (Wildman–Crippen LogP) is 3.02. The Hall–Kier alpha value is -1.07. The minimum Gasteiger partial charge on any atom is -0.392 e. The molecule has 2 N–H and O–H groups in total. The van der Waals surface area contributed by atoms with E-state index in [9.17, 15) is 8.78 Å². The lowest BCUT2D eigenvalue weighted by Crippen LogP contribution is -2.41. The number of nitrogens with two attached hydrogens (primary N) is 1. The molecule has 1 heterocycles. The average Bonchev–Trinajstić information content (AvgIpc) is 2.36. The molecule has 1 atom stereocenters. The van der Waals surface area contributed by atoms with E-state index in [0.29, 0.717) is 16.5 Å². The van der Waals surface area contributed by atoms with Gasteiger partial charge in [-0.05, 0) is 49.5 Å². The molecule has 0 bridgehead atoms. The predicted molar refractivity (Wildman–Crippen MR) is 75.9 cm³/mol. The fraction of sp³-hybridized carbons (Fsp3) is 0.500. The van der Waals surface area contributed by atoms with Crippen LogP contribution in [-0.4, -0.2) is 23.0 Å². The second-order valence-electron chi connectivity index (χ2n) is 5.20. The number of thiocarbonyl (C=S) groups is 1. The number of piperidine rings is 1. The first-order valence-corrected chi connectivity index (χ1v) is 6.88. The Morgan fingerprint density at radius 1 is 1.32 bits per heavy atom. The van der Waals surface area contributed by atoms with Gasteiger partial charge in [-0.3, -0.25) is 4.90 Å². The summed E-state index contributed by atoms with van der Waals surface area (Å²) in [6, 6.07) is 3.57. The van der Waals surface area contributed by atoms with Crippen LogP contribution in [0.3, 0.4) is 0 Å². The summed E-state index contributed by atoms with van der Waals surface area (Å²) < 4.78 is 26.4. The molecule has 19 heavy (non-hydrogen) atoms. The van der Waals surface area contributed by atoms with Crippen molar-refractivity contribution in [2.24, 2.45) is 11.7 Å². The molecule has 0 aromatic heterocycles. The van der Waals surface area contributed by atoms with Gasteiger partial charge in [-0.25, -0.2) is 8.78 Å². The van der Waals surface area contributed by atoms with Gasteiger partial charge in [-0.15, -0.1) is 0 Å². The second-order valence-corrected chi connectivity index (χ2v) is 5.67. The van der Waals surface area contributed by atoms with Gasteiger partial charge in [-0.1, -0.05) is 25.2 Å². The molecule has 0 spiro atoms. The zero-order valence-corrected chi connectivity index (χ0v) is 11.7. The molecule has 1 aromatic rings. The summed E-state index contributed by atoms with van der Waals surface area (Å²) in [5, 5.41) is 0. The van der Waals surface area contributed by atoms with E-state index in [2.05, 4.69) is 11.8 Å². The molecule has 1 aromatic carbocycles. The number of benzene rings is 1. The topological polar surface area (TPSA) is 29.3 Å². The average molecular weight is 284 g/mol. The highest BCUT2D eigenvalue weighted by atomic mass is 32.1. The zero-order chi connectivity index (χ0) is 14.0. The van der Waals surface area contributed by atoms with Crippen molar-refractivity contribution in [2.75, 3.05) is 13.1 Å². The number of rotatable bonds is 3. The Morgan fingerprint density at radius 2 is 1.95 bits per heavy atom. The molecule has 1 saturated heterocycles. The van der Waals surface area contributed by atoms with E-state index in [4.69, 9.17) is 18.0 Å². The summed E-state index contributed by atoms with van der Waals surface area (Å²) in [5.74, 6) is -1.02. The maximum Gasteiger partial charge on any atom is 0.159 e. The van der Waals surface area contributed by atoms with Gasteiger partial charge in [0, 0.05) is 0 Å². The van der Waals surface area contributed by atoms with Crippen molar-refractivity contribution in [3.63, 3.8) is 0 Å². The van der Waals surface area contributed by atoms with Crippen LogP contribution in [0, 0.1) is 17.6 Å². The maximum absolute atomic E-state index is 13.4. The summed E-state index contributed by atoms with van der Waals surface area (Å²) in [6.07, 6.45) is 2.14. The third-order valence-corrected chi connectivity index (χ3v) is 3.94. The van der Waals surface area contributed by atoms with Crippen molar-refractivity contribution in [1.29, 1.82) is 0 Å². The molecule has 0 aliphatic carbocycles. The molecule has 2 rings (SSSR count). The lowest BCUT2D eigenvalue weighted by Gasteiger charge is -2.36. The van der Waals surface area contributed by atoms with Gasteiger partial charge in [0.05, 0.1) is 11.0 Å². The van der Waals surface area contributed by atoms with Crippen LogP contribution in [0.25, 0.3) is 0 Å². The summed E-state index contributed by atoms with van der Waals surface area (Å²) in [5.41, 5.74) is 6.42. The van der Waals surface area contributed by atoms with Gasteiger partial charge in [-0.2, -0.15) is 0 Å². The first-order valence-electron chi connectivity index (χ1n) is 6.47. The Morgan fingerprint density at radius 3 is 2.47 bits per heavy atom. The fourth-order valence-electron chi connectivity index (χ4n) is 2.52. The summed E-state index contributed by atoms with van der Waals surface area (Å²) in [4.78, 5) is 2.45. The first kappa shape index (κ1) is 14.3. The Bertz CT molecular complexity index is 471. The van der Waals surface area contributed by atoms with Crippen LogP contribution in [0.15, 0.2) is 18.2 Å². The first-order chi connectivity index (χ1) is 8.99. The quantitative estimate of drug-likeness (QED) is 0.865. The number of nitrogens with zero attached hydrogens (tertiary/aromatic N) is 1. The highest BCUT2D eigenvalue weighted by molar-refractivity contribution is 7.80. The Kier molecular flexibility index (Phi) is 4.47. The van der Waals surface area contributed by atoms with E-state index in [0.717, 1.165) is 32.0 Å². The van der Waals surface area contributed by atoms with Crippen LogP contribution in [0.5, 0.6) is 0 Å². The summed E-state index contributed by atoms with van der Waals surface area (Å²) in [7, 11) is 0. The normalized spacial score (nSPS) is 19.3. The largest absolute Gasteiger partial charge is 0.392 e. The van der Waals surface area contributed by atoms with Crippen molar-refractivity contribution >= 4 is 17.2 Å². The van der Waals surface area contributed by atoms with E-state index in [1.807, 2.05) is 0 Å². The van der Waals surface area contributed by atoms with E-state index < -0.39 is 11.6 Å². The van der Waals surface area contributed by atoms with Crippen LogP contribution in [0.2, 0.25) is 0 Å².